The van der Waals surface area contributed by atoms with Crippen molar-refractivity contribution in [3.05, 3.63) is 29.8 Å². The molecule has 1 amide bonds. The molecule has 0 radical (unpaired) electrons. The van der Waals surface area contributed by atoms with E-state index in [1.165, 1.54) is 12.8 Å². The summed E-state index contributed by atoms with van der Waals surface area (Å²) < 4.78 is 27.1. The third-order valence-electron chi connectivity index (χ3n) is 5.13. The molecule has 2 rings (SSSR count). The molecule has 2 N–H and O–H groups in total. The number of nitrogens with one attached hydrogen (secondary N) is 2. The second-order valence-corrected chi connectivity index (χ2v) is 9.08. The van der Waals surface area contributed by atoms with Crippen LogP contribution in [0.25, 0.3) is 0 Å². The summed E-state index contributed by atoms with van der Waals surface area (Å²) in [6.07, 6.45) is 2.84. The first kappa shape index (κ1) is 20.9. The lowest BCUT2D eigenvalue weighted by molar-refractivity contribution is -0.131. The van der Waals surface area contributed by atoms with Gasteiger partial charge in [0.2, 0.25) is 15.9 Å². The number of sulfonamides is 1. The highest BCUT2D eigenvalue weighted by Gasteiger charge is 2.23. The third kappa shape index (κ3) is 6.07. The monoisotopic (exact) mass is 381 g/mol. The van der Waals surface area contributed by atoms with E-state index in [1.54, 1.807) is 36.2 Å². The van der Waals surface area contributed by atoms with Crippen LogP contribution in [0.4, 0.5) is 0 Å². The highest BCUT2D eigenvalue weighted by atomic mass is 32.2. The first-order valence-electron chi connectivity index (χ1n) is 9.30. The van der Waals surface area contributed by atoms with Gasteiger partial charge in [0.1, 0.15) is 0 Å². The van der Waals surface area contributed by atoms with Gasteiger partial charge in [0.15, 0.2) is 0 Å². The Balaban J connectivity index is 1.77. The molecule has 0 aliphatic carbocycles. The Kier molecular flexibility index (Phi) is 7.61. The summed E-state index contributed by atoms with van der Waals surface area (Å²) in [5.41, 5.74) is 1.01. The van der Waals surface area contributed by atoms with Crippen LogP contribution in [0.3, 0.4) is 0 Å². The van der Waals surface area contributed by atoms with Crippen molar-refractivity contribution in [2.45, 2.75) is 38.0 Å². The molecule has 1 aromatic carbocycles. The van der Waals surface area contributed by atoms with Gasteiger partial charge < -0.3 is 10.2 Å². The molecule has 7 heteroatoms. The zero-order chi connectivity index (χ0) is 19.2. The van der Waals surface area contributed by atoms with E-state index < -0.39 is 10.0 Å². The van der Waals surface area contributed by atoms with E-state index in [4.69, 9.17) is 0 Å². The Labute approximate surface area is 157 Å². The molecule has 2 atom stereocenters. The minimum atomic E-state index is -3.53. The fourth-order valence-corrected chi connectivity index (χ4v) is 4.26. The molecule has 1 saturated heterocycles. The smallest absolute Gasteiger partial charge is 0.240 e. The number of carbonyl (C=O) groups excluding carboxylic acids is 1. The summed E-state index contributed by atoms with van der Waals surface area (Å²) in [6, 6.07) is 6.72. The average molecular weight is 382 g/mol. The zero-order valence-corrected chi connectivity index (χ0v) is 16.8. The molecule has 26 heavy (non-hydrogen) atoms. The average Bonchev–Trinajstić information content (AvgIpc) is 2.62. The number of nitrogens with zero attached hydrogens (tertiary/aromatic N) is 1. The predicted molar refractivity (Wildman–Crippen MR) is 103 cm³/mol. The Bertz CT molecular complexity index is 682. The molecule has 1 fully saturated rings. The number of aryl methyl sites for hydroxylation is 1. The first-order chi connectivity index (χ1) is 12.3. The first-order valence-corrected chi connectivity index (χ1v) is 10.8. The van der Waals surface area contributed by atoms with Gasteiger partial charge in [0.25, 0.3) is 0 Å². The molecule has 1 aliphatic rings. The second kappa shape index (κ2) is 9.48. The fraction of sp³-hybridized carbons (Fsp3) is 0.632. The maximum Gasteiger partial charge on any atom is 0.240 e. The maximum atomic E-state index is 12.4. The van der Waals surface area contributed by atoms with Crippen molar-refractivity contribution in [3.8, 4) is 0 Å². The van der Waals surface area contributed by atoms with Crippen molar-refractivity contribution in [2.24, 2.45) is 11.8 Å². The highest BCUT2D eigenvalue weighted by molar-refractivity contribution is 7.89. The van der Waals surface area contributed by atoms with Crippen molar-refractivity contribution < 1.29 is 13.2 Å². The van der Waals surface area contributed by atoms with E-state index in [0.29, 0.717) is 24.8 Å². The van der Waals surface area contributed by atoms with Crippen LogP contribution in [0.5, 0.6) is 0 Å². The highest BCUT2D eigenvalue weighted by Crippen LogP contribution is 2.23. The summed E-state index contributed by atoms with van der Waals surface area (Å²) in [5, 5.41) is 3.39. The Morgan fingerprint density at radius 2 is 2.04 bits per heavy atom. The molecular weight excluding hydrogens is 350 g/mol. The van der Waals surface area contributed by atoms with Crippen LogP contribution in [0, 0.1) is 18.8 Å². The van der Waals surface area contributed by atoms with Gasteiger partial charge in [-0.05, 0) is 56.8 Å². The van der Waals surface area contributed by atoms with Gasteiger partial charge in [-0.2, -0.15) is 0 Å². The van der Waals surface area contributed by atoms with E-state index in [-0.39, 0.29) is 17.3 Å². The Morgan fingerprint density at radius 1 is 1.35 bits per heavy atom. The van der Waals surface area contributed by atoms with Crippen LogP contribution in [0.1, 0.15) is 31.7 Å². The molecular formula is C19H31N3O3S. The molecule has 0 saturated carbocycles. The molecule has 1 heterocycles. The van der Waals surface area contributed by atoms with Gasteiger partial charge in [-0.25, -0.2) is 13.1 Å². The number of hydrogen-bond donors (Lipinski definition) is 2. The SMILES string of the molecule is Cc1ccc(S(=O)(=O)NCCN(C)C(=O)CC(C)C2CCCNC2)cc1. The summed E-state index contributed by atoms with van der Waals surface area (Å²) in [4.78, 5) is 14.2. The minimum Gasteiger partial charge on any atom is -0.344 e. The molecule has 0 spiro atoms. The van der Waals surface area contributed by atoms with Crippen LogP contribution >= 0.6 is 0 Å². The van der Waals surface area contributed by atoms with Gasteiger partial charge in [0, 0.05) is 26.6 Å². The lowest BCUT2D eigenvalue weighted by Crippen LogP contribution is -2.38. The zero-order valence-electron chi connectivity index (χ0n) is 16.0. The van der Waals surface area contributed by atoms with Crippen molar-refractivity contribution in [1.29, 1.82) is 0 Å². The summed E-state index contributed by atoms with van der Waals surface area (Å²) in [7, 11) is -1.80. The fourth-order valence-electron chi connectivity index (χ4n) is 3.24. The molecule has 0 bridgehead atoms. The van der Waals surface area contributed by atoms with Gasteiger partial charge in [-0.15, -0.1) is 0 Å². The lowest BCUT2D eigenvalue weighted by Gasteiger charge is -2.29. The Hall–Kier alpha value is -1.44. The van der Waals surface area contributed by atoms with Crippen molar-refractivity contribution in [2.75, 3.05) is 33.2 Å². The lowest BCUT2D eigenvalue weighted by atomic mass is 9.85. The van der Waals surface area contributed by atoms with Crippen LogP contribution in [-0.2, 0) is 14.8 Å². The number of likely N-dealkylation sites (N-methyl/N-ethyl adjacent to an activating group) is 1. The number of carbonyl (C=O) groups is 1. The van der Waals surface area contributed by atoms with E-state index >= 15 is 0 Å². The predicted octanol–water partition coefficient (Wildman–Crippen LogP) is 1.76. The van der Waals surface area contributed by atoms with Gasteiger partial charge in [-0.3, -0.25) is 4.79 Å². The number of piperidine rings is 1. The summed E-state index contributed by atoms with van der Waals surface area (Å²) >= 11 is 0. The van der Waals surface area contributed by atoms with Crippen LogP contribution in [0.15, 0.2) is 29.2 Å². The molecule has 0 aromatic heterocycles. The minimum absolute atomic E-state index is 0.0672. The molecule has 1 aliphatic heterocycles. The van der Waals surface area contributed by atoms with E-state index in [0.717, 1.165) is 18.7 Å². The van der Waals surface area contributed by atoms with Crippen LogP contribution in [0.2, 0.25) is 0 Å². The van der Waals surface area contributed by atoms with E-state index in [9.17, 15) is 13.2 Å². The van der Waals surface area contributed by atoms with Crippen molar-refractivity contribution in [3.63, 3.8) is 0 Å². The molecule has 2 unspecified atom stereocenters. The van der Waals surface area contributed by atoms with Crippen molar-refractivity contribution in [1.82, 2.24) is 14.9 Å². The van der Waals surface area contributed by atoms with Gasteiger partial charge in [0.05, 0.1) is 4.90 Å². The van der Waals surface area contributed by atoms with Gasteiger partial charge >= 0.3 is 0 Å². The number of amides is 1. The molecule has 1 aromatic rings. The molecule has 6 nitrogen and oxygen atoms in total. The Morgan fingerprint density at radius 3 is 2.65 bits per heavy atom. The van der Waals surface area contributed by atoms with Gasteiger partial charge in [-0.1, -0.05) is 24.6 Å². The second-order valence-electron chi connectivity index (χ2n) is 7.31. The van der Waals surface area contributed by atoms with E-state index in [2.05, 4.69) is 17.0 Å². The quantitative estimate of drug-likeness (QED) is 0.719. The summed E-state index contributed by atoms with van der Waals surface area (Å²) in [5.74, 6) is 0.945. The molecule has 146 valence electrons. The summed E-state index contributed by atoms with van der Waals surface area (Å²) in [6.45, 7) is 6.66. The maximum absolute atomic E-state index is 12.4. The normalized spacial score (nSPS) is 19.1. The number of hydrogen-bond acceptors (Lipinski definition) is 4. The number of rotatable bonds is 8. The largest absolute Gasteiger partial charge is 0.344 e. The van der Waals surface area contributed by atoms with E-state index in [1.807, 2.05) is 6.92 Å². The standard InChI is InChI=1S/C19H31N3O3S/c1-15-6-8-18(9-7-15)26(24,25)21-11-12-22(3)19(23)13-16(2)17-5-4-10-20-14-17/h6-9,16-17,20-21H,4-5,10-14H2,1-3H3. The van der Waals surface area contributed by atoms with Crippen molar-refractivity contribution >= 4 is 15.9 Å². The third-order valence-corrected chi connectivity index (χ3v) is 6.61. The van der Waals surface area contributed by atoms with Crippen LogP contribution in [-0.4, -0.2) is 52.5 Å². The number of benzene rings is 1. The topological polar surface area (TPSA) is 78.5 Å². The van der Waals surface area contributed by atoms with Crippen LogP contribution < -0.4 is 10.0 Å².